The Hall–Kier alpha value is -1.78. The molecule has 0 aliphatic rings. The van der Waals surface area contributed by atoms with Gasteiger partial charge in [-0.3, -0.25) is 9.89 Å². The minimum Gasteiger partial charge on any atom is -0.307 e. The predicted octanol–water partition coefficient (Wildman–Crippen LogP) is 3.93. The zero-order valence-electron chi connectivity index (χ0n) is 10.8. The number of benzene rings is 1. The minimum absolute atomic E-state index is 0.241. The zero-order chi connectivity index (χ0) is 14.5. The summed E-state index contributed by atoms with van der Waals surface area (Å²) in [5.74, 6) is 0.381. The number of anilines is 1. The van der Waals surface area contributed by atoms with E-state index in [1.54, 1.807) is 30.5 Å². The summed E-state index contributed by atoms with van der Waals surface area (Å²) in [5, 5.41) is 10.3. The number of aryl methyl sites for hydroxylation is 1. The van der Waals surface area contributed by atoms with Crippen molar-refractivity contribution in [3.8, 4) is 0 Å². The van der Waals surface area contributed by atoms with E-state index in [9.17, 15) is 4.79 Å². The van der Waals surface area contributed by atoms with Crippen molar-refractivity contribution in [3.63, 3.8) is 0 Å². The Balaban J connectivity index is 2.04. The highest BCUT2D eigenvalue weighted by atomic mass is 35.5. The van der Waals surface area contributed by atoms with Crippen LogP contribution in [0, 0.1) is 0 Å². The Labute approximate surface area is 126 Å². The number of nitrogens with one attached hydrogen (secondary N) is 2. The molecule has 0 aliphatic carbocycles. The Morgan fingerprint density at radius 2 is 2.20 bits per heavy atom. The fourth-order valence-corrected chi connectivity index (χ4v) is 1.95. The number of H-pyrrole nitrogens is 1. The Kier molecular flexibility index (Phi) is 4.82. The molecule has 1 aromatic heterocycles. The number of nitrogens with zero attached hydrogens (tertiary/aromatic N) is 1. The van der Waals surface area contributed by atoms with Gasteiger partial charge in [0.2, 0.25) is 5.91 Å². The second-order valence-corrected chi connectivity index (χ2v) is 4.93. The van der Waals surface area contributed by atoms with Crippen molar-refractivity contribution >= 4 is 41.0 Å². The van der Waals surface area contributed by atoms with E-state index in [1.807, 2.05) is 6.92 Å². The van der Waals surface area contributed by atoms with Crippen LogP contribution in [0.1, 0.15) is 18.1 Å². The van der Waals surface area contributed by atoms with Crippen LogP contribution in [-0.2, 0) is 11.2 Å². The van der Waals surface area contributed by atoms with Crippen molar-refractivity contribution in [2.75, 3.05) is 5.32 Å². The summed E-state index contributed by atoms with van der Waals surface area (Å²) in [4.78, 5) is 11.8. The van der Waals surface area contributed by atoms with Crippen LogP contribution in [0.2, 0.25) is 10.0 Å². The van der Waals surface area contributed by atoms with Crippen LogP contribution in [-0.4, -0.2) is 16.1 Å². The van der Waals surface area contributed by atoms with Crippen LogP contribution in [0.4, 0.5) is 5.82 Å². The number of carbonyl (C=O) groups is 1. The van der Waals surface area contributed by atoms with Crippen molar-refractivity contribution in [1.82, 2.24) is 10.2 Å². The molecule has 2 rings (SSSR count). The summed E-state index contributed by atoms with van der Waals surface area (Å²) in [7, 11) is 0. The molecule has 0 aliphatic heterocycles. The monoisotopic (exact) mass is 309 g/mol. The van der Waals surface area contributed by atoms with E-state index in [1.165, 1.54) is 6.08 Å². The highest BCUT2D eigenvalue weighted by Crippen LogP contribution is 2.23. The highest BCUT2D eigenvalue weighted by molar-refractivity contribution is 6.42. The molecular weight excluding hydrogens is 297 g/mol. The number of hydrogen-bond acceptors (Lipinski definition) is 2. The van der Waals surface area contributed by atoms with Gasteiger partial charge in [0.25, 0.3) is 0 Å². The Morgan fingerprint density at radius 1 is 1.40 bits per heavy atom. The fourth-order valence-electron chi connectivity index (χ4n) is 1.64. The van der Waals surface area contributed by atoms with Crippen molar-refractivity contribution in [2.45, 2.75) is 13.3 Å². The van der Waals surface area contributed by atoms with E-state index in [0.717, 1.165) is 17.5 Å². The molecule has 0 saturated heterocycles. The van der Waals surface area contributed by atoms with Gasteiger partial charge in [-0.15, -0.1) is 0 Å². The number of aromatic nitrogens is 2. The van der Waals surface area contributed by atoms with Gasteiger partial charge < -0.3 is 5.32 Å². The molecule has 0 bridgehead atoms. The average molecular weight is 310 g/mol. The van der Waals surface area contributed by atoms with Gasteiger partial charge in [0, 0.05) is 11.6 Å². The lowest BCUT2D eigenvalue weighted by molar-refractivity contribution is -0.111. The van der Waals surface area contributed by atoms with Crippen molar-refractivity contribution < 1.29 is 4.79 Å². The van der Waals surface area contributed by atoms with Crippen LogP contribution in [0.25, 0.3) is 6.08 Å². The maximum Gasteiger partial charge on any atom is 0.249 e. The largest absolute Gasteiger partial charge is 0.307 e. The molecule has 0 saturated carbocycles. The SMILES string of the molecule is CCc1cn[nH]c1NC(=O)/C=C/c1ccc(Cl)c(Cl)c1. The molecule has 20 heavy (non-hydrogen) atoms. The second kappa shape index (κ2) is 6.59. The Morgan fingerprint density at radius 3 is 2.90 bits per heavy atom. The van der Waals surface area contributed by atoms with E-state index >= 15 is 0 Å². The van der Waals surface area contributed by atoms with E-state index in [-0.39, 0.29) is 5.91 Å². The summed E-state index contributed by atoms with van der Waals surface area (Å²) in [6, 6.07) is 5.17. The van der Waals surface area contributed by atoms with Gasteiger partial charge in [-0.2, -0.15) is 5.10 Å². The van der Waals surface area contributed by atoms with Gasteiger partial charge in [0.15, 0.2) is 0 Å². The third-order valence-corrected chi connectivity index (χ3v) is 3.46. The predicted molar refractivity (Wildman–Crippen MR) is 82.1 cm³/mol. The molecule has 104 valence electrons. The maximum atomic E-state index is 11.8. The molecule has 0 fully saturated rings. The molecule has 4 nitrogen and oxygen atoms in total. The molecule has 2 aromatic rings. The number of hydrogen-bond donors (Lipinski definition) is 2. The molecule has 1 heterocycles. The summed E-state index contributed by atoms with van der Waals surface area (Å²) < 4.78 is 0. The smallest absolute Gasteiger partial charge is 0.249 e. The third-order valence-electron chi connectivity index (χ3n) is 2.72. The Bertz CT molecular complexity index is 650. The van der Waals surface area contributed by atoms with Gasteiger partial charge in [-0.05, 0) is 30.2 Å². The number of halogens is 2. The van der Waals surface area contributed by atoms with E-state index < -0.39 is 0 Å². The van der Waals surface area contributed by atoms with Gasteiger partial charge >= 0.3 is 0 Å². The highest BCUT2D eigenvalue weighted by Gasteiger charge is 2.05. The van der Waals surface area contributed by atoms with Crippen LogP contribution in [0.3, 0.4) is 0 Å². The van der Waals surface area contributed by atoms with Gasteiger partial charge in [-0.25, -0.2) is 0 Å². The molecule has 0 atom stereocenters. The molecular formula is C14H13Cl2N3O. The molecule has 1 aromatic carbocycles. The molecule has 0 unspecified atom stereocenters. The van der Waals surface area contributed by atoms with Crippen LogP contribution < -0.4 is 5.32 Å². The lowest BCUT2D eigenvalue weighted by atomic mass is 10.2. The quantitative estimate of drug-likeness (QED) is 0.841. The lowest BCUT2D eigenvalue weighted by Gasteiger charge is -2.01. The molecule has 1 amide bonds. The topological polar surface area (TPSA) is 57.8 Å². The number of amides is 1. The lowest BCUT2D eigenvalue weighted by Crippen LogP contribution is -2.09. The summed E-state index contributed by atoms with van der Waals surface area (Å²) in [6.45, 7) is 1.99. The average Bonchev–Trinajstić information content (AvgIpc) is 2.87. The van der Waals surface area contributed by atoms with Crippen molar-refractivity contribution in [1.29, 1.82) is 0 Å². The van der Waals surface area contributed by atoms with Gasteiger partial charge in [0.1, 0.15) is 5.82 Å². The second-order valence-electron chi connectivity index (χ2n) is 4.12. The molecule has 0 spiro atoms. The number of aromatic amines is 1. The van der Waals surface area contributed by atoms with E-state index in [0.29, 0.717) is 15.9 Å². The van der Waals surface area contributed by atoms with Crippen LogP contribution >= 0.6 is 23.2 Å². The standard InChI is InChI=1S/C14H13Cl2N3O/c1-2-10-8-17-19-14(10)18-13(20)6-4-9-3-5-11(15)12(16)7-9/h3-8H,2H2,1H3,(H2,17,18,19,20)/b6-4+. The summed E-state index contributed by atoms with van der Waals surface area (Å²) >= 11 is 11.7. The minimum atomic E-state index is -0.241. The van der Waals surface area contributed by atoms with Gasteiger partial charge in [-0.1, -0.05) is 36.2 Å². The zero-order valence-corrected chi connectivity index (χ0v) is 12.3. The van der Waals surface area contributed by atoms with Crippen LogP contribution in [0.5, 0.6) is 0 Å². The van der Waals surface area contributed by atoms with Crippen molar-refractivity contribution in [2.24, 2.45) is 0 Å². The first-order valence-corrected chi connectivity index (χ1v) is 6.82. The molecule has 6 heteroatoms. The van der Waals surface area contributed by atoms with E-state index in [4.69, 9.17) is 23.2 Å². The van der Waals surface area contributed by atoms with Crippen LogP contribution in [0.15, 0.2) is 30.5 Å². The molecule has 2 N–H and O–H groups in total. The van der Waals surface area contributed by atoms with E-state index in [2.05, 4.69) is 15.5 Å². The number of rotatable bonds is 4. The normalized spacial score (nSPS) is 10.9. The first kappa shape index (κ1) is 14.6. The third kappa shape index (κ3) is 3.62. The number of carbonyl (C=O) groups excluding carboxylic acids is 1. The summed E-state index contributed by atoms with van der Waals surface area (Å²) in [6.07, 6.45) is 5.58. The van der Waals surface area contributed by atoms with Gasteiger partial charge in [0.05, 0.1) is 16.2 Å². The maximum absolute atomic E-state index is 11.8. The summed E-state index contributed by atoms with van der Waals surface area (Å²) in [5.41, 5.74) is 1.76. The fraction of sp³-hybridized carbons (Fsp3) is 0.143. The first-order chi connectivity index (χ1) is 9.60. The van der Waals surface area contributed by atoms with Crippen molar-refractivity contribution in [3.05, 3.63) is 51.6 Å². The first-order valence-electron chi connectivity index (χ1n) is 6.06. The molecule has 0 radical (unpaired) electrons.